The summed E-state index contributed by atoms with van der Waals surface area (Å²) in [7, 11) is 0. The smallest absolute Gasteiger partial charge is 0.271 e. The number of nitrogens with two attached hydrogens (primary N) is 1. The molecule has 112 valence electrons. The number of aromatic nitrogens is 2. The van der Waals surface area contributed by atoms with Gasteiger partial charge >= 0.3 is 0 Å². The quantitative estimate of drug-likeness (QED) is 0.891. The Bertz CT molecular complexity index is 494. The Kier molecular flexibility index (Phi) is 4.35. The maximum Gasteiger partial charge on any atom is 0.271 e. The van der Waals surface area contributed by atoms with Gasteiger partial charge in [0.25, 0.3) is 5.91 Å². The van der Waals surface area contributed by atoms with Crippen molar-refractivity contribution in [3.63, 3.8) is 0 Å². The minimum Gasteiger partial charge on any atom is -0.395 e. The molecule has 3 N–H and O–H groups in total. The standard InChI is InChI=1S/C15H26N4O/c1-5-19-14(13(16)11(4)18-19)15(20)17-12-8-6-7-9(2)10(12)3/h9-10,12H,5-8,16H2,1-4H3,(H,17,20). The van der Waals surface area contributed by atoms with Gasteiger partial charge < -0.3 is 11.1 Å². The first-order chi connectivity index (χ1) is 9.45. The number of aryl methyl sites for hydroxylation is 2. The molecular formula is C15H26N4O. The number of nitrogens with zero attached hydrogens (tertiary/aromatic N) is 2. The Hall–Kier alpha value is -1.52. The molecule has 20 heavy (non-hydrogen) atoms. The fraction of sp³-hybridized carbons (Fsp3) is 0.733. The van der Waals surface area contributed by atoms with Crippen LogP contribution in [-0.2, 0) is 6.54 Å². The van der Waals surface area contributed by atoms with E-state index in [9.17, 15) is 4.79 Å². The minimum absolute atomic E-state index is 0.0871. The second kappa shape index (κ2) is 5.85. The summed E-state index contributed by atoms with van der Waals surface area (Å²) < 4.78 is 1.69. The van der Waals surface area contributed by atoms with Gasteiger partial charge in [0.15, 0.2) is 0 Å². The van der Waals surface area contributed by atoms with Gasteiger partial charge in [0.05, 0.1) is 11.4 Å². The Labute approximate surface area is 120 Å². The zero-order valence-corrected chi connectivity index (χ0v) is 12.9. The van der Waals surface area contributed by atoms with E-state index in [0.717, 1.165) is 12.1 Å². The van der Waals surface area contributed by atoms with Gasteiger partial charge in [-0.15, -0.1) is 0 Å². The number of rotatable bonds is 3. The molecule has 0 bridgehead atoms. The van der Waals surface area contributed by atoms with E-state index in [-0.39, 0.29) is 11.9 Å². The van der Waals surface area contributed by atoms with Crippen molar-refractivity contribution in [1.82, 2.24) is 15.1 Å². The zero-order chi connectivity index (χ0) is 14.9. The average molecular weight is 278 g/mol. The van der Waals surface area contributed by atoms with E-state index >= 15 is 0 Å². The Morgan fingerprint density at radius 1 is 1.45 bits per heavy atom. The predicted molar refractivity (Wildman–Crippen MR) is 80.5 cm³/mol. The van der Waals surface area contributed by atoms with Gasteiger partial charge in [-0.3, -0.25) is 9.48 Å². The monoisotopic (exact) mass is 278 g/mol. The van der Waals surface area contributed by atoms with Gasteiger partial charge in [0, 0.05) is 12.6 Å². The van der Waals surface area contributed by atoms with Gasteiger partial charge in [-0.2, -0.15) is 5.10 Å². The predicted octanol–water partition coefficient (Wildman–Crippen LogP) is 2.35. The highest BCUT2D eigenvalue weighted by Crippen LogP contribution is 2.30. The van der Waals surface area contributed by atoms with Crippen LogP contribution in [0.1, 0.15) is 56.2 Å². The van der Waals surface area contributed by atoms with Gasteiger partial charge in [-0.1, -0.05) is 26.7 Å². The molecule has 0 aliphatic heterocycles. The second-order valence-corrected chi connectivity index (χ2v) is 6.01. The number of hydrogen-bond acceptors (Lipinski definition) is 3. The number of anilines is 1. The van der Waals surface area contributed by atoms with E-state index in [1.54, 1.807) is 4.68 Å². The summed E-state index contributed by atoms with van der Waals surface area (Å²) in [4.78, 5) is 12.5. The Morgan fingerprint density at radius 2 is 2.15 bits per heavy atom. The first-order valence-corrected chi connectivity index (χ1v) is 7.59. The molecule has 1 fully saturated rings. The molecule has 1 amide bonds. The average Bonchev–Trinajstić information content (AvgIpc) is 2.70. The lowest BCUT2D eigenvalue weighted by atomic mass is 9.78. The molecule has 0 radical (unpaired) electrons. The molecule has 1 aliphatic carbocycles. The molecule has 5 heteroatoms. The molecule has 0 aromatic carbocycles. The van der Waals surface area contributed by atoms with Crippen LogP contribution in [0.25, 0.3) is 0 Å². The van der Waals surface area contributed by atoms with Crippen LogP contribution in [0.3, 0.4) is 0 Å². The van der Waals surface area contributed by atoms with E-state index in [2.05, 4.69) is 24.3 Å². The van der Waals surface area contributed by atoms with Gasteiger partial charge in [0.1, 0.15) is 5.69 Å². The number of hydrogen-bond donors (Lipinski definition) is 2. The highest BCUT2D eigenvalue weighted by Gasteiger charge is 2.30. The van der Waals surface area contributed by atoms with Crippen LogP contribution in [-0.4, -0.2) is 21.7 Å². The fourth-order valence-corrected chi connectivity index (χ4v) is 3.09. The van der Waals surface area contributed by atoms with Crippen LogP contribution in [0, 0.1) is 18.8 Å². The third-order valence-corrected chi connectivity index (χ3v) is 4.71. The Morgan fingerprint density at radius 3 is 2.80 bits per heavy atom. The summed E-state index contributed by atoms with van der Waals surface area (Å²) in [6, 6.07) is 0.242. The van der Waals surface area contributed by atoms with Crippen LogP contribution in [0.2, 0.25) is 0 Å². The summed E-state index contributed by atoms with van der Waals surface area (Å²) in [5, 5.41) is 7.47. The van der Waals surface area contributed by atoms with E-state index in [0.29, 0.717) is 29.8 Å². The molecule has 1 aromatic rings. The van der Waals surface area contributed by atoms with Crippen molar-refractivity contribution in [2.45, 2.75) is 59.5 Å². The maximum atomic E-state index is 12.5. The lowest BCUT2D eigenvalue weighted by Gasteiger charge is -2.34. The topological polar surface area (TPSA) is 72.9 Å². The molecule has 1 heterocycles. The summed E-state index contributed by atoms with van der Waals surface area (Å²) >= 11 is 0. The van der Waals surface area contributed by atoms with Crippen molar-refractivity contribution >= 4 is 11.6 Å². The molecule has 3 unspecified atom stereocenters. The third-order valence-electron chi connectivity index (χ3n) is 4.71. The molecule has 1 saturated carbocycles. The van der Waals surface area contributed by atoms with Crippen molar-refractivity contribution < 1.29 is 4.79 Å². The summed E-state index contributed by atoms with van der Waals surface area (Å²) in [5.41, 5.74) is 7.74. The SMILES string of the molecule is CCn1nc(C)c(N)c1C(=O)NC1CCCC(C)C1C. The lowest BCUT2D eigenvalue weighted by molar-refractivity contribution is 0.0881. The fourth-order valence-electron chi connectivity index (χ4n) is 3.09. The van der Waals surface area contributed by atoms with Crippen molar-refractivity contribution in [3.05, 3.63) is 11.4 Å². The van der Waals surface area contributed by atoms with E-state index < -0.39 is 0 Å². The number of nitrogen functional groups attached to an aromatic ring is 1. The van der Waals surface area contributed by atoms with E-state index in [1.807, 2.05) is 13.8 Å². The first kappa shape index (κ1) is 14.9. The van der Waals surface area contributed by atoms with Crippen LogP contribution in [0.15, 0.2) is 0 Å². The molecule has 3 atom stereocenters. The van der Waals surface area contributed by atoms with Gasteiger partial charge in [-0.25, -0.2) is 0 Å². The van der Waals surface area contributed by atoms with Crippen LogP contribution >= 0.6 is 0 Å². The lowest BCUT2D eigenvalue weighted by Crippen LogP contribution is -2.44. The largest absolute Gasteiger partial charge is 0.395 e. The van der Waals surface area contributed by atoms with E-state index in [1.165, 1.54) is 12.8 Å². The zero-order valence-electron chi connectivity index (χ0n) is 12.9. The summed E-state index contributed by atoms with van der Waals surface area (Å²) in [5.74, 6) is 1.08. The highest BCUT2D eigenvalue weighted by molar-refractivity contribution is 5.98. The van der Waals surface area contributed by atoms with Gasteiger partial charge in [-0.05, 0) is 32.1 Å². The number of nitrogens with one attached hydrogen (secondary N) is 1. The highest BCUT2D eigenvalue weighted by atomic mass is 16.2. The van der Waals surface area contributed by atoms with Crippen LogP contribution in [0.4, 0.5) is 5.69 Å². The van der Waals surface area contributed by atoms with Crippen LogP contribution < -0.4 is 11.1 Å². The molecule has 2 rings (SSSR count). The van der Waals surface area contributed by atoms with Crippen LogP contribution in [0.5, 0.6) is 0 Å². The summed E-state index contributed by atoms with van der Waals surface area (Å²) in [6.45, 7) is 8.94. The van der Waals surface area contributed by atoms with Crippen molar-refractivity contribution in [3.8, 4) is 0 Å². The number of amides is 1. The molecule has 0 saturated heterocycles. The second-order valence-electron chi connectivity index (χ2n) is 6.01. The van der Waals surface area contributed by atoms with Crippen molar-refractivity contribution in [1.29, 1.82) is 0 Å². The normalized spacial score (nSPS) is 26.5. The minimum atomic E-state index is -0.0871. The molecule has 5 nitrogen and oxygen atoms in total. The summed E-state index contributed by atoms with van der Waals surface area (Å²) in [6.07, 6.45) is 3.48. The molecule has 0 spiro atoms. The maximum absolute atomic E-state index is 12.5. The van der Waals surface area contributed by atoms with Crippen molar-refractivity contribution in [2.24, 2.45) is 11.8 Å². The number of carbonyl (C=O) groups excluding carboxylic acids is 1. The molecule has 1 aliphatic rings. The van der Waals surface area contributed by atoms with E-state index in [4.69, 9.17) is 5.73 Å². The first-order valence-electron chi connectivity index (χ1n) is 7.59. The van der Waals surface area contributed by atoms with Gasteiger partial charge in [0.2, 0.25) is 0 Å². The Balaban J connectivity index is 2.16. The molecular weight excluding hydrogens is 252 g/mol. The molecule has 1 aromatic heterocycles. The third kappa shape index (κ3) is 2.67. The van der Waals surface area contributed by atoms with Crippen molar-refractivity contribution in [2.75, 3.05) is 5.73 Å². The number of carbonyl (C=O) groups is 1.